The molecule has 2 unspecified atom stereocenters. The predicted octanol–water partition coefficient (Wildman–Crippen LogP) is 3.62. The Bertz CT molecular complexity index is 539. The van der Waals surface area contributed by atoms with Gasteiger partial charge in [-0.1, -0.05) is 55.4 Å². The number of carbonyl (C=O) groups excluding carboxylic acids is 4. The van der Waals surface area contributed by atoms with Crippen LogP contribution in [0, 0.1) is 11.8 Å². The van der Waals surface area contributed by atoms with E-state index in [1.54, 1.807) is 0 Å². The van der Waals surface area contributed by atoms with Crippen molar-refractivity contribution in [2.75, 3.05) is 19.7 Å². The zero-order valence-electron chi connectivity index (χ0n) is 20.6. The van der Waals surface area contributed by atoms with Gasteiger partial charge in [0.1, 0.15) is 6.54 Å². The highest BCUT2D eigenvalue weighted by Crippen LogP contribution is 2.05. The fourth-order valence-electron chi connectivity index (χ4n) is 2.00. The first-order valence-corrected chi connectivity index (χ1v) is 11.2. The molecule has 0 aliphatic rings. The lowest BCUT2D eigenvalue weighted by molar-refractivity contribution is -0.126. The number of hydrogen-bond donors (Lipinski definition) is 4. The van der Waals surface area contributed by atoms with Crippen molar-refractivity contribution in [3.8, 4) is 0 Å². The first kappa shape index (κ1) is 38.0. The third-order valence-electron chi connectivity index (χ3n) is 4.17. The molecular formula is C24H52N4O5. The Morgan fingerprint density at radius 3 is 1.48 bits per heavy atom. The van der Waals surface area contributed by atoms with Gasteiger partial charge in [-0.3, -0.25) is 14.4 Å². The van der Waals surface area contributed by atoms with Gasteiger partial charge < -0.3 is 26.0 Å². The Morgan fingerprint density at radius 1 is 0.667 bits per heavy atom. The highest BCUT2D eigenvalue weighted by atomic mass is 16.5. The lowest BCUT2D eigenvalue weighted by atomic mass is 10.1. The van der Waals surface area contributed by atoms with Crippen LogP contribution in [-0.2, 0) is 19.1 Å². The molecule has 0 bridgehead atoms. The van der Waals surface area contributed by atoms with Crippen molar-refractivity contribution < 1.29 is 23.9 Å². The third kappa shape index (κ3) is 27.6. The van der Waals surface area contributed by atoms with E-state index in [0.717, 1.165) is 12.8 Å². The summed E-state index contributed by atoms with van der Waals surface area (Å²) in [7, 11) is 0. The second kappa shape index (κ2) is 22.9. The average Bonchev–Trinajstić information content (AvgIpc) is 2.68. The average molecular weight is 477 g/mol. The van der Waals surface area contributed by atoms with Gasteiger partial charge in [-0.15, -0.1) is 0 Å². The summed E-state index contributed by atoms with van der Waals surface area (Å²) in [6.07, 6.45) is 1.89. The maximum Gasteiger partial charge on any atom is 0.407 e. The molecule has 0 aromatic heterocycles. The molecule has 0 rings (SSSR count). The summed E-state index contributed by atoms with van der Waals surface area (Å²) in [6, 6.07) is 0.189. The monoisotopic (exact) mass is 476 g/mol. The Labute approximate surface area is 202 Å². The standard InChI is InChI=1S/C11H22N2O3.C11H22N2O2.2CH4/c1-5-9(4)7-16-11(15)12-6-10(14)13-8(2)3;1-5-9(4)6-10(14)12-7-11(15)13-8(2)3;;/h8-9H,5-7H2,1-4H3,(H,12,15)(H,13,14);8-9H,5-7H2,1-4H3,(H,12,14)(H,13,15);2*1H4. The van der Waals surface area contributed by atoms with E-state index in [-0.39, 0.29) is 57.7 Å². The molecule has 0 saturated carbocycles. The number of rotatable bonds is 12. The fraction of sp³-hybridized carbons (Fsp3) is 0.833. The van der Waals surface area contributed by atoms with Gasteiger partial charge >= 0.3 is 6.09 Å². The molecule has 9 nitrogen and oxygen atoms in total. The van der Waals surface area contributed by atoms with Crippen molar-refractivity contribution in [3.05, 3.63) is 0 Å². The van der Waals surface area contributed by atoms with Crippen LogP contribution < -0.4 is 21.3 Å². The van der Waals surface area contributed by atoms with Crippen LogP contribution in [0.2, 0.25) is 0 Å². The summed E-state index contributed by atoms with van der Waals surface area (Å²) < 4.78 is 4.92. The van der Waals surface area contributed by atoms with Crippen LogP contribution in [0.3, 0.4) is 0 Å². The molecule has 2 atom stereocenters. The number of hydrogen-bond acceptors (Lipinski definition) is 5. The minimum absolute atomic E-state index is 0. The first-order valence-electron chi connectivity index (χ1n) is 11.2. The predicted molar refractivity (Wildman–Crippen MR) is 136 cm³/mol. The molecule has 4 amide bonds. The van der Waals surface area contributed by atoms with Gasteiger partial charge in [0.25, 0.3) is 0 Å². The Kier molecular flexibility index (Phi) is 26.3. The largest absolute Gasteiger partial charge is 0.449 e. The van der Waals surface area contributed by atoms with Crippen molar-refractivity contribution in [2.24, 2.45) is 11.8 Å². The van der Waals surface area contributed by atoms with Crippen molar-refractivity contribution in [2.45, 2.75) is 102 Å². The fourth-order valence-corrected chi connectivity index (χ4v) is 2.00. The zero-order valence-corrected chi connectivity index (χ0v) is 20.6. The van der Waals surface area contributed by atoms with Gasteiger partial charge in [0.05, 0.1) is 13.2 Å². The molecule has 0 saturated heterocycles. The minimum atomic E-state index is -0.542. The molecule has 0 heterocycles. The summed E-state index contributed by atoms with van der Waals surface area (Å²) in [6.45, 7) is 16.0. The summed E-state index contributed by atoms with van der Waals surface area (Å²) >= 11 is 0. The highest BCUT2D eigenvalue weighted by Gasteiger charge is 2.10. The third-order valence-corrected chi connectivity index (χ3v) is 4.17. The SMILES string of the molecule is C.C.CCC(C)CC(=O)NCC(=O)NC(C)C.CCC(C)COC(=O)NCC(=O)NC(C)C. The van der Waals surface area contributed by atoms with E-state index in [1.165, 1.54) is 0 Å². The lowest BCUT2D eigenvalue weighted by Crippen LogP contribution is -2.40. The number of carbonyl (C=O) groups is 4. The summed E-state index contributed by atoms with van der Waals surface area (Å²) in [4.78, 5) is 44.8. The topological polar surface area (TPSA) is 126 Å². The molecule has 0 aliphatic heterocycles. The van der Waals surface area contributed by atoms with Crippen molar-refractivity contribution in [1.29, 1.82) is 0 Å². The first-order chi connectivity index (χ1) is 14.4. The van der Waals surface area contributed by atoms with E-state index in [0.29, 0.717) is 24.9 Å². The van der Waals surface area contributed by atoms with E-state index in [2.05, 4.69) is 21.3 Å². The van der Waals surface area contributed by atoms with Gasteiger partial charge in [-0.05, 0) is 39.5 Å². The Hall–Kier alpha value is -2.32. The van der Waals surface area contributed by atoms with Crippen LogP contribution in [0.4, 0.5) is 4.79 Å². The summed E-state index contributed by atoms with van der Waals surface area (Å²) in [5.41, 5.74) is 0. The normalized spacial score (nSPS) is 11.5. The smallest absolute Gasteiger partial charge is 0.407 e. The Balaban J connectivity index is -0.000000241. The Morgan fingerprint density at radius 2 is 1.09 bits per heavy atom. The maximum absolute atomic E-state index is 11.3. The number of nitrogens with one attached hydrogen (secondary N) is 4. The molecule has 0 aromatic carbocycles. The minimum Gasteiger partial charge on any atom is -0.449 e. The van der Waals surface area contributed by atoms with Crippen LogP contribution in [0.1, 0.15) is 89.5 Å². The van der Waals surface area contributed by atoms with E-state index in [1.807, 2.05) is 55.4 Å². The molecule has 9 heteroatoms. The molecule has 4 N–H and O–H groups in total. The summed E-state index contributed by atoms with van der Waals surface area (Å²) in [5.74, 6) is 0.314. The molecule has 0 radical (unpaired) electrons. The van der Waals surface area contributed by atoms with Gasteiger partial charge in [-0.25, -0.2) is 4.79 Å². The van der Waals surface area contributed by atoms with Gasteiger partial charge in [0.2, 0.25) is 17.7 Å². The van der Waals surface area contributed by atoms with E-state index < -0.39 is 6.09 Å². The maximum atomic E-state index is 11.3. The van der Waals surface area contributed by atoms with E-state index >= 15 is 0 Å². The van der Waals surface area contributed by atoms with Crippen LogP contribution in [0.25, 0.3) is 0 Å². The second-order valence-corrected chi connectivity index (χ2v) is 8.40. The lowest BCUT2D eigenvalue weighted by Gasteiger charge is -2.11. The second-order valence-electron chi connectivity index (χ2n) is 8.40. The zero-order chi connectivity index (χ0) is 24.4. The number of ether oxygens (including phenoxy) is 1. The van der Waals surface area contributed by atoms with Crippen LogP contribution in [-0.4, -0.2) is 55.6 Å². The quantitative estimate of drug-likeness (QED) is 0.342. The van der Waals surface area contributed by atoms with Crippen LogP contribution in [0.15, 0.2) is 0 Å². The van der Waals surface area contributed by atoms with Crippen molar-refractivity contribution in [3.63, 3.8) is 0 Å². The van der Waals surface area contributed by atoms with E-state index in [4.69, 9.17) is 4.74 Å². The summed E-state index contributed by atoms with van der Waals surface area (Å²) in [5, 5.41) is 10.4. The van der Waals surface area contributed by atoms with Gasteiger partial charge in [0, 0.05) is 18.5 Å². The van der Waals surface area contributed by atoms with E-state index in [9.17, 15) is 19.2 Å². The van der Waals surface area contributed by atoms with Gasteiger partial charge in [0.15, 0.2) is 0 Å². The molecular weight excluding hydrogens is 424 g/mol. The molecule has 0 aliphatic carbocycles. The highest BCUT2D eigenvalue weighted by molar-refractivity contribution is 5.84. The number of alkyl carbamates (subject to hydrolysis) is 1. The molecule has 0 aromatic rings. The van der Waals surface area contributed by atoms with Crippen molar-refractivity contribution in [1.82, 2.24) is 21.3 Å². The number of amides is 4. The molecule has 0 spiro atoms. The molecule has 198 valence electrons. The molecule has 0 fully saturated rings. The van der Waals surface area contributed by atoms with Crippen LogP contribution >= 0.6 is 0 Å². The van der Waals surface area contributed by atoms with Gasteiger partial charge in [-0.2, -0.15) is 0 Å². The van der Waals surface area contributed by atoms with Crippen molar-refractivity contribution >= 4 is 23.8 Å². The molecule has 33 heavy (non-hydrogen) atoms. The van der Waals surface area contributed by atoms with Crippen LogP contribution in [0.5, 0.6) is 0 Å².